The normalized spacial score (nSPS) is 11.2. The molecule has 0 heterocycles. The molecule has 1 atom stereocenters. The van der Waals surface area contributed by atoms with E-state index in [0.29, 0.717) is 17.9 Å². The van der Waals surface area contributed by atoms with E-state index in [9.17, 15) is 9.59 Å². The molecule has 0 aliphatic heterocycles. The molecule has 0 radical (unpaired) electrons. The molecular weight excluding hydrogens is 246 g/mol. The maximum atomic E-state index is 11.7. The van der Waals surface area contributed by atoms with Crippen molar-refractivity contribution in [1.82, 2.24) is 0 Å². The topological polar surface area (TPSA) is 76.4 Å². The number of hydrogen-bond donors (Lipinski definition) is 0. The van der Waals surface area contributed by atoms with Crippen molar-refractivity contribution >= 4 is 11.8 Å². The number of hydrogen-bond acceptors (Lipinski definition) is 5. The van der Waals surface area contributed by atoms with Crippen LogP contribution in [0.25, 0.3) is 0 Å². The molecule has 0 spiro atoms. The minimum atomic E-state index is -1.14. The van der Waals surface area contributed by atoms with Crippen LogP contribution < -0.4 is 4.74 Å². The van der Waals surface area contributed by atoms with Crippen LogP contribution in [0.5, 0.6) is 5.75 Å². The Morgan fingerprint density at radius 3 is 2.32 bits per heavy atom. The number of rotatable bonds is 6. The first-order chi connectivity index (χ1) is 9.13. The molecule has 0 bridgehead atoms. The monoisotopic (exact) mass is 261 g/mol. The van der Waals surface area contributed by atoms with Gasteiger partial charge in [0, 0.05) is 0 Å². The number of esters is 1. The van der Waals surface area contributed by atoms with Gasteiger partial charge in [-0.1, -0.05) is 12.1 Å². The number of benzene rings is 1. The van der Waals surface area contributed by atoms with Crippen LogP contribution in [0, 0.1) is 11.3 Å². The maximum absolute atomic E-state index is 11.7. The molecule has 1 aromatic rings. The van der Waals surface area contributed by atoms with Gasteiger partial charge in [-0.25, -0.2) is 4.79 Å². The van der Waals surface area contributed by atoms with Gasteiger partial charge in [-0.05, 0) is 31.5 Å². The summed E-state index contributed by atoms with van der Waals surface area (Å²) in [7, 11) is 0. The van der Waals surface area contributed by atoms with Crippen LogP contribution >= 0.6 is 0 Å². The summed E-state index contributed by atoms with van der Waals surface area (Å²) in [6.45, 7) is 4.09. The quantitative estimate of drug-likeness (QED) is 0.576. The number of ether oxygens (including phenoxy) is 2. The first-order valence-corrected chi connectivity index (χ1v) is 5.97. The fraction of sp³-hybridized carbons (Fsp3) is 0.357. The summed E-state index contributed by atoms with van der Waals surface area (Å²) in [4.78, 5) is 23.1. The third-order valence-electron chi connectivity index (χ3n) is 2.39. The van der Waals surface area contributed by atoms with Crippen molar-refractivity contribution in [2.24, 2.45) is 0 Å². The molecule has 0 saturated heterocycles. The Morgan fingerprint density at radius 2 is 1.84 bits per heavy atom. The van der Waals surface area contributed by atoms with Gasteiger partial charge in [0.25, 0.3) is 5.78 Å². The molecule has 5 nitrogen and oxygen atoms in total. The molecular formula is C14H15NO4. The maximum Gasteiger partial charge on any atom is 0.376 e. The van der Waals surface area contributed by atoms with Crippen LogP contribution in [0.3, 0.4) is 0 Å². The molecule has 0 fully saturated rings. The van der Waals surface area contributed by atoms with Gasteiger partial charge in [0.2, 0.25) is 0 Å². The molecule has 0 aromatic heterocycles. The first kappa shape index (κ1) is 14.7. The van der Waals surface area contributed by atoms with Crippen LogP contribution in [0.4, 0.5) is 0 Å². The highest BCUT2D eigenvalue weighted by atomic mass is 16.5. The van der Waals surface area contributed by atoms with Crippen molar-refractivity contribution in [3.05, 3.63) is 29.8 Å². The van der Waals surface area contributed by atoms with E-state index in [1.54, 1.807) is 31.2 Å². The molecule has 0 N–H and O–H groups in total. The largest absolute Gasteiger partial charge is 0.494 e. The first-order valence-electron chi connectivity index (χ1n) is 5.97. The fourth-order valence-electron chi connectivity index (χ4n) is 1.53. The summed E-state index contributed by atoms with van der Waals surface area (Å²) in [6, 6.07) is 8.31. The summed E-state index contributed by atoms with van der Waals surface area (Å²) in [5.74, 6) is -2.34. The lowest BCUT2D eigenvalue weighted by Crippen LogP contribution is -2.23. The van der Waals surface area contributed by atoms with Gasteiger partial charge in [0.15, 0.2) is 0 Å². The van der Waals surface area contributed by atoms with Gasteiger partial charge in [0.1, 0.15) is 11.7 Å². The molecule has 100 valence electrons. The third-order valence-corrected chi connectivity index (χ3v) is 2.39. The Labute approximate surface area is 111 Å². The van der Waals surface area contributed by atoms with E-state index < -0.39 is 17.7 Å². The SMILES string of the molecule is CCOC(=O)C(=O)C(C#N)c1ccc(OCC)cc1. The molecule has 1 rings (SSSR count). The third kappa shape index (κ3) is 3.81. The molecule has 19 heavy (non-hydrogen) atoms. The summed E-state index contributed by atoms with van der Waals surface area (Å²) in [5, 5.41) is 9.03. The van der Waals surface area contributed by atoms with E-state index in [4.69, 9.17) is 10.00 Å². The van der Waals surface area contributed by atoms with E-state index >= 15 is 0 Å². The van der Waals surface area contributed by atoms with Crippen molar-refractivity contribution in [2.75, 3.05) is 13.2 Å². The van der Waals surface area contributed by atoms with Crippen LogP contribution in [-0.2, 0) is 14.3 Å². The molecule has 0 aliphatic rings. The molecule has 0 amide bonds. The highest BCUT2D eigenvalue weighted by Gasteiger charge is 2.27. The van der Waals surface area contributed by atoms with Crippen LogP contribution in [0.2, 0.25) is 0 Å². The fourth-order valence-corrected chi connectivity index (χ4v) is 1.53. The predicted octanol–water partition coefficient (Wildman–Crippen LogP) is 1.82. The van der Waals surface area contributed by atoms with Crippen LogP contribution in [0.15, 0.2) is 24.3 Å². The van der Waals surface area contributed by atoms with E-state index in [-0.39, 0.29) is 6.61 Å². The predicted molar refractivity (Wildman–Crippen MR) is 67.6 cm³/mol. The number of Topliss-reactive ketones (excluding diaryl/α,β-unsaturated/α-hetero) is 1. The van der Waals surface area contributed by atoms with Crippen LogP contribution in [0.1, 0.15) is 25.3 Å². The second kappa shape index (κ2) is 7.17. The van der Waals surface area contributed by atoms with Crippen molar-refractivity contribution in [2.45, 2.75) is 19.8 Å². The van der Waals surface area contributed by atoms with Gasteiger partial charge in [-0.2, -0.15) is 5.26 Å². The molecule has 0 saturated carbocycles. The zero-order valence-electron chi connectivity index (χ0n) is 10.9. The van der Waals surface area contributed by atoms with Crippen molar-refractivity contribution < 1.29 is 19.1 Å². The average Bonchev–Trinajstić information content (AvgIpc) is 2.42. The van der Waals surface area contributed by atoms with E-state index in [0.717, 1.165) is 0 Å². The highest BCUT2D eigenvalue weighted by molar-refractivity contribution is 6.36. The van der Waals surface area contributed by atoms with Gasteiger partial charge in [0.05, 0.1) is 19.3 Å². The Morgan fingerprint density at radius 1 is 1.21 bits per heavy atom. The molecule has 0 aliphatic carbocycles. The Kier molecular flexibility index (Phi) is 5.55. The van der Waals surface area contributed by atoms with Crippen LogP contribution in [-0.4, -0.2) is 25.0 Å². The lowest BCUT2D eigenvalue weighted by molar-refractivity contribution is -0.153. The smallest absolute Gasteiger partial charge is 0.376 e. The van der Waals surface area contributed by atoms with Gasteiger partial charge in [-0.3, -0.25) is 4.79 Å². The zero-order chi connectivity index (χ0) is 14.3. The van der Waals surface area contributed by atoms with E-state index in [2.05, 4.69) is 4.74 Å². The number of nitriles is 1. The van der Waals surface area contributed by atoms with Gasteiger partial charge >= 0.3 is 5.97 Å². The summed E-state index contributed by atoms with van der Waals surface area (Å²) >= 11 is 0. The second-order valence-corrected chi connectivity index (χ2v) is 3.65. The van der Waals surface area contributed by atoms with E-state index in [1.165, 1.54) is 0 Å². The minimum absolute atomic E-state index is 0.103. The van der Waals surface area contributed by atoms with Crippen molar-refractivity contribution in [1.29, 1.82) is 5.26 Å². The lowest BCUT2D eigenvalue weighted by atomic mass is 9.96. The van der Waals surface area contributed by atoms with E-state index in [1.807, 2.05) is 13.0 Å². The molecule has 1 aromatic carbocycles. The molecule has 1 unspecified atom stereocenters. The van der Waals surface area contributed by atoms with Gasteiger partial charge < -0.3 is 9.47 Å². The summed E-state index contributed by atoms with van der Waals surface area (Å²) < 4.78 is 9.87. The van der Waals surface area contributed by atoms with Gasteiger partial charge in [-0.15, -0.1) is 0 Å². The average molecular weight is 261 g/mol. The Balaban J connectivity index is 2.88. The molecule has 5 heteroatoms. The number of carbonyl (C=O) groups is 2. The standard InChI is InChI=1S/C14H15NO4/c1-3-18-11-7-5-10(6-8-11)12(9-15)13(16)14(17)19-4-2/h5-8,12H,3-4H2,1-2H3. The second-order valence-electron chi connectivity index (χ2n) is 3.65. The minimum Gasteiger partial charge on any atom is -0.494 e. The Bertz CT molecular complexity index is 487. The highest BCUT2D eigenvalue weighted by Crippen LogP contribution is 2.20. The zero-order valence-corrected chi connectivity index (χ0v) is 10.9. The number of ketones is 1. The number of nitrogens with zero attached hydrogens (tertiary/aromatic N) is 1. The number of carbonyl (C=O) groups excluding carboxylic acids is 2. The summed E-state index contributed by atoms with van der Waals surface area (Å²) in [6.07, 6.45) is 0. The van der Waals surface area contributed by atoms with Crippen molar-refractivity contribution in [3.63, 3.8) is 0 Å². The lowest BCUT2D eigenvalue weighted by Gasteiger charge is -2.09. The Hall–Kier alpha value is -2.35. The summed E-state index contributed by atoms with van der Waals surface area (Å²) in [5.41, 5.74) is 0.448. The van der Waals surface area contributed by atoms with Crippen molar-refractivity contribution in [3.8, 4) is 11.8 Å².